The minimum Gasteiger partial charge on any atom is -0.492 e. The molecule has 0 aliphatic carbocycles. The minimum absolute atomic E-state index is 0.149. The van der Waals surface area contributed by atoms with Crippen LogP contribution in [0.4, 0.5) is 5.69 Å². The van der Waals surface area contributed by atoms with Crippen molar-refractivity contribution >= 4 is 41.2 Å². The van der Waals surface area contributed by atoms with Crippen LogP contribution in [-0.2, 0) is 32.1 Å². The summed E-state index contributed by atoms with van der Waals surface area (Å²) in [6.07, 6.45) is 1.39. The Hall–Kier alpha value is -5.72. The number of amides is 5. The van der Waals surface area contributed by atoms with Gasteiger partial charge in [-0.3, -0.25) is 24.0 Å². The van der Waals surface area contributed by atoms with E-state index >= 15 is 0 Å². The van der Waals surface area contributed by atoms with Crippen LogP contribution in [0.1, 0.15) is 92.6 Å². The first-order chi connectivity index (χ1) is 25.4. The Bertz CT molecular complexity index is 1770. The third-order valence-corrected chi connectivity index (χ3v) is 8.18. The van der Waals surface area contributed by atoms with Gasteiger partial charge in [-0.2, -0.15) is 0 Å². The molecule has 0 saturated heterocycles. The van der Waals surface area contributed by atoms with Crippen LogP contribution in [0.3, 0.4) is 0 Å². The van der Waals surface area contributed by atoms with Gasteiger partial charge in [-0.05, 0) is 83.3 Å². The van der Waals surface area contributed by atoms with Gasteiger partial charge in [-0.1, -0.05) is 58.9 Å². The quantitative estimate of drug-likeness (QED) is 0.0939. The molecule has 0 bridgehead atoms. The molecular formula is C41H53N5O8. The van der Waals surface area contributed by atoms with Crippen LogP contribution in [0, 0.1) is 10.8 Å². The van der Waals surface area contributed by atoms with E-state index in [1.807, 2.05) is 46.8 Å². The molecule has 6 N–H and O–H groups in total. The van der Waals surface area contributed by atoms with E-state index in [4.69, 9.17) is 9.84 Å². The lowest BCUT2D eigenvalue weighted by atomic mass is 9.85. The largest absolute Gasteiger partial charge is 0.492 e. The van der Waals surface area contributed by atoms with E-state index < -0.39 is 17.4 Å². The van der Waals surface area contributed by atoms with Crippen molar-refractivity contribution in [3.8, 4) is 5.75 Å². The van der Waals surface area contributed by atoms with E-state index in [2.05, 4.69) is 26.6 Å². The first kappa shape index (κ1) is 42.7. The van der Waals surface area contributed by atoms with Gasteiger partial charge in [-0.25, -0.2) is 4.79 Å². The molecule has 0 saturated carbocycles. The van der Waals surface area contributed by atoms with Crippen molar-refractivity contribution in [2.75, 3.05) is 25.0 Å². The van der Waals surface area contributed by atoms with Gasteiger partial charge in [0.05, 0.1) is 12.1 Å². The zero-order valence-corrected chi connectivity index (χ0v) is 32.0. The van der Waals surface area contributed by atoms with Crippen molar-refractivity contribution in [3.05, 3.63) is 95.1 Å². The van der Waals surface area contributed by atoms with Crippen LogP contribution in [0.15, 0.2) is 72.8 Å². The lowest BCUT2D eigenvalue weighted by molar-refractivity contribution is -0.126. The van der Waals surface area contributed by atoms with Gasteiger partial charge >= 0.3 is 5.97 Å². The van der Waals surface area contributed by atoms with Gasteiger partial charge in [0.1, 0.15) is 18.4 Å². The lowest BCUT2D eigenvalue weighted by Crippen LogP contribution is -2.45. The van der Waals surface area contributed by atoms with Crippen LogP contribution in [0.2, 0.25) is 0 Å². The molecule has 3 aromatic rings. The highest BCUT2D eigenvalue weighted by molar-refractivity contribution is 5.97. The van der Waals surface area contributed by atoms with Gasteiger partial charge in [-0.15, -0.1) is 0 Å². The Morgan fingerprint density at radius 2 is 1.37 bits per heavy atom. The molecule has 13 heteroatoms. The summed E-state index contributed by atoms with van der Waals surface area (Å²) in [6.45, 7) is 12.2. The van der Waals surface area contributed by atoms with Crippen LogP contribution < -0.4 is 31.3 Å². The number of carbonyl (C=O) groups excluding carboxylic acids is 5. The van der Waals surface area contributed by atoms with Crippen molar-refractivity contribution in [2.45, 2.75) is 79.8 Å². The van der Waals surface area contributed by atoms with Crippen LogP contribution in [0.5, 0.6) is 5.75 Å². The van der Waals surface area contributed by atoms with Crippen molar-refractivity contribution in [1.82, 2.24) is 21.3 Å². The molecule has 3 aromatic carbocycles. The van der Waals surface area contributed by atoms with Crippen LogP contribution in [-0.4, -0.2) is 66.3 Å². The summed E-state index contributed by atoms with van der Waals surface area (Å²) in [5.41, 5.74) is 2.09. The second-order valence-corrected chi connectivity index (χ2v) is 15.2. The molecule has 3 rings (SSSR count). The van der Waals surface area contributed by atoms with Gasteiger partial charge in [0.15, 0.2) is 0 Å². The molecule has 0 aromatic heterocycles. The molecule has 13 nitrogen and oxygen atoms in total. The first-order valence-corrected chi connectivity index (χ1v) is 17.9. The number of benzene rings is 3. The number of ether oxygens (including phenoxy) is 1. The number of hydrogen-bond acceptors (Lipinski definition) is 7. The monoisotopic (exact) mass is 743 g/mol. The predicted octanol–water partition coefficient (Wildman–Crippen LogP) is 4.85. The Kier molecular flexibility index (Phi) is 15.8. The van der Waals surface area contributed by atoms with E-state index in [1.165, 1.54) is 19.1 Å². The molecule has 0 heterocycles. The van der Waals surface area contributed by atoms with Gasteiger partial charge in [0, 0.05) is 44.1 Å². The fourth-order valence-corrected chi connectivity index (χ4v) is 5.61. The predicted molar refractivity (Wildman–Crippen MR) is 206 cm³/mol. The van der Waals surface area contributed by atoms with Crippen molar-refractivity contribution < 1.29 is 38.6 Å². The highest BCUT2D eigenvalue weighted by atomic mass is 16.5. The summed E-state index contributed by atoms with van der Waals surface area (Å²) in [4.78, 5) is 73.4. The normalized spacial score (nSPS) is 11.8. The summed E-state index contributed by atoms with van der Waals surface area (Å²) >= 11 is 0. The number of rotatable bonds is 19. The number of anilines is 1. The molecular weight excluding hydrogens is 690 g/mol. The maximum atomic E-state index is 12.8. The van der Waals surface area contributed by atoms with Crippen LogP contribution >= 0.6 is 0 Å². The topological polar surface area (TPSA) is 192 Å². The Morgan fingerprint density at radius 3 is 1.96 bits per heavy atom. The standard InChI is InChI=1S/C41H53N5O8/c1-27(47)45-34(23-40(2,3)4)38(51)46-32-14-10-28(11-15-32)18-19-42-35(48)24-41(5,6)25-36(49)43-20-21-54-33-16-12-30(13-17-33)37(50)44-26-29-8-7-9-31(22-29)39(52)53/h7-17,22,34H,18-21,23-26H2,1-6H3,(H,42,48)(H,43,49)(H,44,50)(H,45,47)(H,46,51)(H,52,53)/t34-/m0/s1. The number of nitrogens with one attached hydrogen (secondary N) is 5. The Morgan fingerprint density at radius 1 is 0.741 bits per heavy atom. The van der Waals surface area contributed by atoms with E-state index in [0.717, 1.165) is 5.56 Å². The van der Waals surface area contributed by atoms with Gasteiger partial charge in [0.2, 0.25) is 23.6 Å². The van der Waals surface area contributed by atoms with Crippen molar-refractivity contribution in [2.24, 2.45) is 10.8 Å². The average Bonchev–Trinajstić information content (AvgIpc) is 3.08. The molecule has 0 aliphatic heterocycles. The maximum Gasteiger partial charge on any atom is 0.335 e. The molecule has 0 radical (unpaired) electrons. The SMILES string of the molecule is CC(=O)N[C@@H](CC(C)(C)C)C(=O)Nc1ccc(CCNC(=O)CC(C)(C)CC(=O)NCCOc2ccc(C(=O)NCc3cccc(C(=O)O)c3)cc2)cc1. The van der Waals surface area contributed by atoms with Gasteiger partial charge in [0.25, 0.3) is 5.91 Å². The van der Waals surface area contributed by atoms with Crippen molar-refractivity contribution in [3.63, 3.8) is 0 Å². The second-order valence-electron chi connectivity index (χ2n) is 15.2. The number of hydrogen-bond donors (Lipinski definition) is 6. The number of aromatic carboxylic acids is 1. The summed E-state index contributed by atoms with van der Waals surface area (Å²) in [6, 6.07) is 19.6. The first-order valence-electron chi connectivity index (χ1n) is 17.9. The van der Waals surface area contributed by atoms with Crippen molar-refractivity contribution in [1.29, 1.82) is 0 Å². The minimum atomic E-state index is -1.03. The number of carboxylic acid groups (broad SMARTS) is 1. The lowest BCUT2D eigenvalue weighted by Gasteiger charge is -2.25. The Balaban J connectivity index is 1.32. The molecule has 0 aliphatic rings. The van der Waals surface area contributed by atoms with Crippen LogP contribution in [0.25, 0.3) is 0 Å². The number of carboxylic acids is 1. The zero-order chi connectivity index (χ0) is 39.9. The molecule has 1 atom stereocenters. The Labute approximate surface area is 317 Å². The highest BCUT2D eigenvalue weighted by Crippen LogP contribution is 2.25. The summed E-state index contributed by atoms with van der Waals surface area (Å²) in [5.74, 6) is -1.73. The number of carbonyl (C=O) groups is 6. The third kappa shape index (κ3) is 15.9. The fourth-order valence-electron chi connectivity index (χ4n) is 5.61. The maximum absolute atomic E-state index is 12.8. The average molecular weight is 744 g/mol. The van der Waals surface area contributed by atoms with Gasteiger partial charge < -0.3 is 36.4 Å². The molecule has 54 heavy (non-hydrogen) atoms. The molecule has 0 unspecified atom stereocenters. The third-order valence-electron chi connectivity index (χ3n) is 8.18. The molecule has 0 fully saturated rings. The smallest absolute Gasteiger partial charge is 0.335 e. The summed E-state index contributed by atoms with van der Waals surface area (Å²) in [5, 5.41) is 23.2. The zero-order valence-electron chi connectivity index (χ0n) is 32.0. The summed E-state index contributed by atoms with van der Waals surface area (Å²) in [7, 11) is 0. The second kappa shape index (κ2) is 19.9. The molecule has 0 spiro atoms. The van der Waals surface area contributed by atoms with E-state index in [-0.39, 0.29) is 73.1 Å². The van der Waals surface area contributed by atoms with E-state index in [1.54, 1.807) is 48.5 Å². The molecule has 5 amide bonds. The van der Waals surface area contributed by atoms with E-state index in [9.17, 15) is 28.8 Å². The fraction of sp³-hybridized carbons (Fsp3) is 0.415. The van der Waals surface area contributed by atoms with E-state index in [0.29, 0.717) is 42.0 Å². The molecule has 290 valence electrons. The summed E-state index contributed by atoms with van der Waals surface area (Å²) < 4.78 is 5.69. The highest BCUT2D eigenvalue weighted by Gasteiger charge is 2.26.